The van der Waals surface area contributed by atoms with Gasteiger partial charge in [-0.1, -0.05) is 25.3 Å². The van der Waals surface area contributed by atoms with Gasteiger partial charge >= 0.3 is 0 Å². The Balaban J connectivity index is 1.69. The number of rotatable bonds is 3. The average Bonchev–Trinajstić information content (AvgIpc) is 2.85. The summed E-state index contributed by atoms with van der Waals surface area (Å²) in [6.07, 6.45) is 6.66. The topological polar surface area (TPSA) is 20.3 Å². The van der Waals surface area contributed by atoms with Gasteiger partial charge in [0, 0.05) is 24.1 Å². The molecule has 2 fully saturated rings. The van der Waals surface area contributed by atoms with Crippen LogP contribution in [0.4, 0.5) is 8.78 Å². The summed E-state index contributed by atoms with van der Waals surface area (Å²) in [7, 11) is 0. The summed E-state index contributed by atoms with van der Waals surface area (Å²) in [5.74, 6) is -1.26. The van der Waals surface area contributed by atoms with E-state index < -0.39 is 11.6 Å². The lowest BCUT2D eigenvalue weighted by atomic mass is 9.94. The molecule has 0 spiro atoms. The lowest BCUT2D eigenvalue weighted by Gasteiger charge is -2.31. The highest BCUT2D eigenvalue weighted by molar-refractivity contribution is 5.81. The first-order chi connectivity index (χ1) is 10.2. The fourth-order valence-electron chi connectivity index (χ4n) is 3.68. The smallest absolute Gasteiger partial charge is 0.226 e. The molecule has 0 bridgehead atoms. The van der Waals surface area contributed by atoms with Gasteiger partial charge in [-0.2, -0.15) is 0 Å². The molecule has 114 valence electrons. The Morgan fingerprint density at radius 2 is 1.71 bits per heavy atom. The predicted octanol–water partition coefficient (Wildman–Crippen LogP) is 3.69. The van der Waals surface area contributed by atoms with Crippen LogP contribution in [0.3, 0.4) is 0 Å². The van der Waals surface area contributed by atoms with Crippen molar-refractivity contribution in [2.45, 2.75) is 51.0 Å². The molecule has 0 aromatic heterocycles. The van der Waals surface area contributed by atoms with Crippen LogP contribution in [0, 0.1) is 17.6 Å². The lowest BCUT2D eigenvalue weighted by Crippen LogP contribution is -2.39. The zero-order chi connectivity index (χ0) is 14.8. The molecular formula is C17H21F2NO. The number of likely N-dealkylation sites (tertiary alicyclic amines) is 1. The monoisotopic (exact) mass is 293 g/mol. The van der Waals surface area contributed by atoms with Crippen LogP contribution in [0.1, 0.15) is 44.1 Å². The minimum absolute atomic E-state index is 0.0568. The molecule has 1 aliphatic carbocycles. The zero-order valence-electron chi connectivity index (χ0n) is 12.2. The number of benzene rings is 1. The van der Waals surface area contributed by atoms with Gasteiger partial charge in [-0.25, -0.2) is 8.78 Å². The number of amides is 1. The molecule has 4 heteroatoms. The maximum absolute atomic E-state index is 13.7. The Kier molecular flexibility index (Phi) is 4.22. The van der Waals surface area contributed by atoms with Crippen LogP contribution in [-0.4, -0.2) is 23.4 Å². The third-order valence-corrected chi connectivity index (χ3v) is 4.88. The Morgan fingerprint density at radius 3 is 2.38 bits per heavy atom. The summed E-state index contributed by atoms with van der Waals surface area (Å²) in [5.41, 5.74) is 0.0568. The fourth-order valence-corrected chi connectivity index (χ4v) is 3.68. The minimum atomic E-state index is -0.543. The number of carbonyl (C=O) groups is 1. The first-order valence-electron chi connectivity index (χ1n) is 7.90. The van der Waals surface area contributed by atoms with Crippen molar-refractivity contribution < 1.29 is 13.6 Å². The van der Waals surface area contributed by atoms with Crippen molar-refractivity contribution in [2.24, 2.45) is 5.92 Å². The van der Waals surface area contributed by atoms with E-state index in [4.69, 9.17) is 0 Å². The van der Waals surface area contributed by atoms with Gasteiger partial charge in [-0.15, -0.1) is 0 Å². The molecule has 21 heavy (non-hydrogen) atoms. The summed E-state index contributed by atoms with van der Waals surface area (Å²) >= 11 is 0. The van der Waals surface area contributed by atoms with Crippen LogP contribution in [-0.2, 0) is 11.2 Å². The molecule has 0 N–H and O–H groups in total. The molecular weight excluding hydrogens is 272 g/mol. The van der Waals surface area contributed by atoms with Crippen molar-refractivity contribution in [1.82, 2.24) is 4.90 Å². The molecule has 1 atom stereocenters. The number of halogens is 2. The van der Waals surface area contributed by atoms with E-state index in [1.165, 1.54) is 37.5 Å². The van der Waals surface area contributed by atoms with Crippen molar-refractivity contribution in [3.05, 3.63) is 35.4 Å². The summed E-state index contributed by atoms with van der Waals surface area (Å²) in [6, 6.07) is 4.23. The Labute approximate surface area is 124 Å². The van der Waals surface area contributed by atoms with E-state index in [1.54, 1.807) is 0 Å². The van der Waals surface area contributed by atoms with Crippen molar-refractivity contribution in [3.63, 3.8) is 0 Å². The normalized spacial score (nSPS) is 23.8. The molecule has 1 heterocycles. The molecule has 3 rings (SSSR count). The Morgan fingerprint density at radius 1 is 1.05 bits per heavy atom. The van der Waals surface area contributed by atoms with Crippen molar-refractivity contribution >= 4 is 5.91 Å². The first kappa shape index (κ1) is 14.5. The second-order valence-corrected chi connectivity index (χ2v) is 6.21. The standard InChI is InChI=1S/C17H21F2NO/c18-15-7-4-8-16(19)14(15)11-12-9-10-20(17(12)21)13-5-2-1-3-6-13/h4,7-8,12-13H,1-3,5-6,9-11H2. The van der Waals surface area contributed by atoms with Crippen molar-refractivity contribution in [2.75, 3.05) is 6.54 Å². The van der Waals surface area contributed by atoms with Crippen molar-refractivity contribution in [1.29, 1.82) is 0 Å². The van der Waals surface area contributed by atoms with E-state index in [0.29, 0.717) is 12.5 Å². The van der Waals surface area contributed by atoms with Gasteiger partial charge in [-0.05, 0) is 37.8 Å². The third kappa shape index (κ3) is 2.94. The highest BCUT2D eigenvalue weighted by Gasteiger charge is 2.36. The number of nitrogens with zero attached hydrogens (tertiary/aromatic N) is 1. The molecule has 1 unspecified atom stereocenters. The fraction of sp³-hybridized carbons (Fsp3) is 0.588. The van der Waals surface area contributed by atoms with E-state index in [2.05, 4.69) is 0 Å². The van der Waals surface area contributed by atoms with Crippen LogP contribution in [0.5, 0.6) is 0 Å². The van der Waals surface area contributed by atoms with Gasteiger partial charge in [-0.3, -0.25) is 4.79 Å². The number of hydrogen-bond acceptors (Lipinski definition) is 1. The maximum atomic E-state index is 13.7. The minimum Gasteiger partial charge on any atom is -0.339 e. The summed E-state index contributed by atoms with van der Waals surface area (Å²) in [4.78, 5) is 14.5. The zero-order valence-corrected chi connectivity index (χ0v) is 12.2. The predicted molar refractivity (Wildman–Crippen MR) is 76.8 cm³/mol. The van der Waals surface area contributed by atoms with Crippen LogP contribution < -0.4 is 0 Å². The molecule has 0 radical (unpaired) electrons. The number of carbonyl (C=O) groups excluding carboxylic acids is 1. The average molecular weight is 293 g/mol. The van der Waals surface area contributed by atoms with E-state index in [9.17, 15) is 13.6 Å². The third-order valence-electron chi connectivity index (χ3n) is 4.88. The molecule has 1 amide bonds. The van der Waals surface area contributed by atoms with Gasteiger partial charge in [0.05, 0.1) is 0 Å². The second kappa shape index (κ2) is 6.12. The highest BCUT2D eigenvalue weighted by Crippen LogP contribution is 2.31. The summed E-state index contributed by atoms with van der Waals surface area (Å²) < 4.78 is 27.4. The molecule has 1 saturated carbocycles. The largest absolute Gasteiger partial charge is 0.339 e. The Bertz CT molecular complexity index is 505. The van der Waals surface area contributed by atoms with Crippen LogP contribution in [0.25, 0.3) is 0 Å². The molecule has 2 nitrogen and oxygen atoms in total. The van der Waals surface area contributed by atoms with Gasteiger partial charge < -0.3 is 4.90 Å². The van der Waals surface area contributed by atoms with Crippen LogP contribution in [0.2, 0.25) is 0 Å². The molecule has 2 aliphatic rings. The quantitative estimate of drug-likeness (QED) is 0.832. The van der Waals surface area contributed by atoms with Gasteiger partial charge in [0.1, 0.15) is 11.6 Å². The molecule has 1 saturated heterocycles. The summed E-state index contributed by atoms with van der Waals surface area (Å²) in [6.45, 7) is 0.740. The molecule has 1 aromatic rings. The van der Waals surface area contributed by atoms with E-state index in [-0.39, 0.29) is 23.8 Å². The van der Waals surface area contributed by atoms with Crippen LogP contribution >= 0.6 is 0 Å². The van der Waals surface area contributed by atoms with Crippen molar-refractivity contribution in [3.8, 4) is 0 Å². The molecule has 1 aromatic carbocycles. The highest BCUT2D eigenvalue weighted by atomic mass is 19.1. The maximum Gasteiger partial charge on any atom is 0.226 e. The first-order valence-corrected chi connectivity index (χ1v) is 7.90. The van der Waals surface area contributed by atoms with Crippen LogP contribution in [0.15, 0.2) is 18.2 Å². The van der Waals surface area contributed by atoms with E-state index in [0.717, 1.165) is 19.4 Å². The van der Waals surface area contributed by atoms with Gasteiger partial charge in [0.2, 0.25) is 5.91 Å². The second-order valence-electron chi connectivity index (χ2n) is 6.21. The van der Waals surface area contributed by atoms with E-state index >= 15 is 0 Å². The van der Waals surface area contributed by atoms with E-state index in [1.807, 2.05) is 4.90 Å². The Hall–Kier alpha value is -1.45. The lowest BCUT2D eigenvalue weighted by molar-refractivity contribution is -0.133. The SMILES string of the molecule is O=C1C(Cc2c(F)cccc2F)CCN1C1CCCCC1. The number of hydrogen-bond donors (Lipinski definition) is 0. The summed E-state index contributed by atoms with van der Waals surface area (Å²) in [5, 5.41) is 0. The van der Waals surface area contributed by atoms with Gasteiger partial charge in [0.25, 0.3) is 0 Å². The van der Waals surface area contributed by atoms with Gasteiger partial charge in [0.15, 0.2) is 0 Å². The molecule has 1 aliphatic heterocycles.